The van der Waals surface area contributed by atoms with Gasteiger partial charge in [-0.1, -0.05) is 15.9 Å². The van der Waals surface area contributed by atoms with Crippen LogP contribution in [-0.4, -0.2) is 15.0 Å². The number of hydrogen-bond donors (Lipinski definition) is 2. The summed E-state index contributed by atoms with van der Waals surface area (Å²) in [5, 5.41) is 3.40. The van der Waals surface area contributed by atoms with Gasteiger partial charge < -0.3 is 14.8 Å². The molecule has 0 bridgehead atoms. The summed E-state index contributed by atoms with van der Waals surface area (Å²) >= 11 is 8.10. The summed E-state index contributed by atoms with van der Waals surface area (Å²) in [6.07, 6.45) is 1.88. The standard InChI is InChI=1S/C13H15BrN4S/c1-2-17-8-15-11-7-18(13(19)16-12(11)17)10-5-3-9(14)4-6-10/h3-6,8,13,16,19H,2,7H2,1H3. The molecule has 1 N–H and O–H groups in total. The van der Waals surface area contributed by atoms with E-state index < -0.39 is 0 Å². The first-order chi connectivity index (χ1) is 9.19. The van der Waals surface area contributed by atoms with Crippen molar-refractivity contribution < 1.29 is 0 Å². The molecular formula is C13H15BrN4S. The maximum absolute atomic E-state index is 4.64. The molecule has 0 saturated heterocycles. The highest BCUT2D eigenvalue weighted by atomic mass is 79.9. The topological polar surface area (TPSA) is 33.1 Å². The molecule has 0 aliphatic carbocycles. The van der Waals surface area contributed by atoms with Crippen LogP contribution in [0.25, 0.3) is 0 Å². The molecule has 19 heavy (non-hydrogen) atoms. The molecule has 0 spiro atoms. The Morgan fingerprint density at radius 3 is 2.84 bits per heavy atom. The normalized spacial score (nSPS) is 18.1. The lowest BCUT2D eigenvalue weighted by molar-refractivity contribution is 0.720. The maximum Gasteiger partial charge on any atom is 0.146 e. The zero-order valence-electron chi connectivity index (χ0n) is 10.5. The molecule has 4 nitrogen and oxygen atoms in total. The van der Waals surface area contributed by atoms with Gasteiger partial charge in [0, 0.05) is 16.7 Å². The van der Waals surface area contributed by atoms with Crippen molar-refractivity contribution in [1.82, 2.24) is 9.55 Å². The molecule has 1 atom stereocenters. The van der Waals surface area contributed by atoms with Crippen LogP contribution in [0.15, 0.2) is 35.1 Å². The molecule has 1 aromatic heterocycles. The predicted octanol–water partition coefficient (Wildman–Crippen LogP) is 3.31. The molecule has 1 aliphatic heterocycles. The molecule has 2 heterocycles. The SMILES string of the molecule is CCn1cnc2c1NC(S)N(c1ccc(Br)cc1)C2. The average Bonchev–Trinajstić information content (AvgIpc) is 2.81. The van der Waals surface area contributed by atoms with Gasteiger partial charge in [-0.2, -0.15) is 0 Å². The fourth-order valence-electron chi connectivity index (χ4n) is 2.26. The van der Waals surface area contributed by atoms with E-state index in [-0.39, 0.29) is 5.50 Å². The number of aromatic nitrogens is 2. The van der Waals surface area contributed by atoms with E-state index in [1.165, 1.54) is 0 Å². The Bertz CT molecular complexity index is 581. The Labute approximate surface area is 126 Å². The molecule has 1 aromatic carbocycles. The smallest absolute Gasteiger partial charge is 0.146 e. The second-order valence-corrected chi connectivity index (χ2v) is 5.85. The van der Waals surface area contributed by atoms with Crippen molar-refractivity contribution in [1.29, 1.82) is 0 Å². The van der Waals surface area contributed by atoms with E-state index in [4.69, 9.17) is 0 Å². The number of hydrogen-bond acceptors (Lipinski definition) is 4. The minimum atomic E-state index is -0.0457. The summed E-state index contributed by atoms with van der Waals surface area (Å²) in [5.41, 5.74) is 2.15. The van der Waals surface area contributed by atoms with Crippen molar-refractivity contribution in [2.75, 3.05) is 10.2 Å². The van der Waals surface area contributed by atoms with Gasteiger partial charge in [0.1, 0.15) is 17.0 Å². The van der Waals surface area contributed by atoms with Gasteiger partial charge in [0.2, 0.25) is 0 Å². The number of benzene rings is 1. The number of anilines is 2. The van der Waals surface area contributed by atoms with Crippen LogP contribution in [0, 0.1) is 0 Å². The second kappa shape index (κ2) is 5.09. The Kier molecular flexibility index (Phi) is 3.45. The highest BCUT2D eigenvalue weighted by molar-refractivity contribution is 9.10. The van der Waals surface area contributed by atoms with Crippen LogP contribution in [-0.2, 0) is 13.1 Å². The van der Waals surface area contributed by atoms with E-state index >= 15 is 0 Å². The molecular weight excluding hydrogens is 324 g/mol. The lowest BCUT2D eigenvalue weighted by atomic mass is 10.2. The van der Waals surface area contributed by atoms with Crippen LogP contribution < -0.4 is 10.2 Å². The molecule has 0 fully saturated rings. The van der Waals surface area contributed by atoms with Gasteiger partial charge in [0.25, 0.3) is 0 Å². The summed E-state index contributed by atoms with van der Waals surface area (Å²) in [7, 11) is 0. The third kappa shape index (κ3) is 2.34. The molecule has 0 amide bonds. The van der Waals surface area contributed by atoms with Gasteiger partial charge in [-0.25, -0.2) is 4.98 Å². The van der Waals surface area contributed by atoms with Crippen molar-refractivity contribution >= 4 is 40.1 Å². The maximum atomic E-state index is 4.64. The Morgan fingerprint density at radius 1 is 1.42 bits per heavy atom. The number of aryl methyl sites for hydroxylation is 1. The van der Waals surface area contributed by atoms with E-state index in [9.17, 15) is 0 Å². The average molecular weight is 339 g/mol. The highest BCUT2D eigenvalue weighted by Gasteiger charge is 2.26. The van der Waals surface area contributed by atoms with Crippen LogP contribution in [0.4, 0.5) is 11.5 Å². The molecule has 0 saturated carbocycles. The van der Waals surface area contributed by atoms with Gasteiger partial charge in [0.15, 0.2) is 0 Å². The van der Waals surface area contributed by atoms with E-state index in [0.717, 1.165) is 34.8 Å². The first-order valence-electron chi connectivity index (χ1n) is 6.20. The predicted molar refractivity (Wildman–Crippen MR) is 84.6 cm³/mol. The highest BCUT2D eigenvalue weighted by Crippen LogP contribution is 2.30. The molecule has 1 aliphatic rings. The molecule has 2 aromatic rings. The molecule has 1 unspecified atom stereocenters. The van der Waals surface area contributed by atoms with Crippen molar-refractivity contribution in [2.45, 2.75) is 25.5 Å². The zero-order valence-corrected chi connectivity index (χ0v) is 13.0. The van der Waals surface area contributed by atoms with Crippen LogP contribution in [0.1, 0.15) is 12.6 Å². The number of nitrogens with zero attached hydrogens (tertiary/aromatic N) is 3. The summed E-state index contributed by atoms with van der Waals surface area (Å²) in [4.78, 5) is 6.66. The number of fused-ring (bicyclic) bond motifs is 1. The number of thiol groups is 1. The van der Waals surface area contributed by atoms with Crippen LogP contribution >= 0.6 is 28.6 Å². The third-order valence-corrected chi connectivity index (χ3v) is 4.23. The lowest BCUT2D eigenvalue weighted by Gasteiger charge is -2.35. The molecule has 100 valence electrons. The van der Waals surface area contributed by atoms with Crippen molar-refractivity contribution in [3.05, 3.63) is 40.8 Å². The van der Waals surface area contributed by atoms with Crippen molar-refractivity contribution in [3.8, 4) is 0 Å². The van der Waals surface area contributed by atoms with Gasteiger partial charge in [-0.15, -0.1) is 12.6 Å². The Hall–Kier alpha value is -1.14. The Balaban J connectivity index is 1.91. The first-order valence-corrected chi connectivity index (χ1v) is 7.51. The van der Waals surface area contributed by atoms with Gasteiger partial charge >= 0.3 is 0 Å². The summed E-state index contributed by atoms with van der Waals surface area (Å²) in [6.45, 7) is 3.79. The minimum absolute atomic E-state index is 0.0457. The van der Waals surface area contributed by atoms with Crippen molar-refractivity contribution in [3.63, 3.8) is 0 Å². The van der Waals surface area contributed by atoms with E-state index in [2.05, 4.69) is 67.4 Å². The van der Waals surface area contributed by atoms with Crippen LogP contribution in [0.2, 0.25) is 0 Å². The quantitative estimate of drug-likeness (QED) is 0.824. The van der Waals surface area contributed by atoms with Crippen LogP contribution in [0.3, 0.4) is 0 Å². The monoisotopic (exact) mass is 338 g/mol. The molecule has 0 radical (unpaired) electrons. The first kappa shape index (κ1) is 12.9. The summed E-state index contributed by atoms with van der Waals surface area (Å²) < 4.78 is 3.19. The number of halogens is 1. The largest absolute Gasteiger partial charge is 0.341 e. The minimum Gasteiger partial charge on any atom is -0.341 e. The van der Waals surface area contributed by atoms with Gasteiger partial charge in [0.05, 0.1) is 12.9 Å². The fourth-order valence-corrected chi connectivity index (χ4v) is 2.86. The molecule has 6 heteroatoms. The van der Waals surface area contributed by atoms with E-state index in [1.807, 2.05) is 18.5 Å². The second-order valence-electron chi connectivity index (χ2n) is 4.45. The van der Waals surface area contributed by atoms with Gasteiger partial charge in [-0.3, -0.25) is 0 Å². The number of imidazole rings is 1. The number of nitrogens with one attached hydrogen (secondary N) is 1. The Morgan fingerprint density at radius 2 is 2.16 bits per heavy atom. The zero-order chi connectivity index (χ0) is 13.4. The summed E-state index contributed by atoms with van der Waals surface area (Å²) in [5.74, 6) is 1.08. The van der Waals surface area contributed by atoms with Crippen molar-refractivity contribution in [2.24, 2.45) is 0 Å². The summed E-state index contributed by atoms with van der Waals surface area (Å²) in [6, 6.07) is 8.24. The number of rotatable bonds is 2. The van der Waals surface area contributed by atoms with E-state index in [0.29, 0.717) is 0 Å². The lowest BCUT2D eigenvalue weighted by Crippen LogP contribution is -2.41. The molecule has 3 rings (SSSR count). The fraction of sp³-hybridized carbons (Fsp3) is 0.308. The van der Waals surface area contributed by atoms with Gasteiger partial charge in [-0.05, 0) is 31.2 Å². The van der Waals surface area contributed by atoms with E-state index in [1.54, 1.807) is 0 Å². The third-order valence-electron chi connectivity index (χ3n) is 3.29. The van der Waals surface area contributed by atoms with Crippen LogP contribution in [0.5, 0.6) is 0 Å².